The summed E-state index contributed by atoms with van der Waals surface area (Å²) < 4.78 is 47.6. The number of rotatable bonds is 29. The predicted octanol–water partition coefficient (Wildman–Crippen LogP) is 19.1. The van der Waals surface area contributed by atoms with E-state index < -0.39 is 11.2 Å². The fraction of sp³-hybridized carbons (Fsp3) is 0.682. The number of carboxylic acids is 1. The van der Waals surface area contributed by atoms with E-state index in [2.05, 4.69) is 45.0 Å². The van der Waals surface area contributed by atoms with Gasteiger partial charge in [0.05, 0.1) is 40.0 Å². The molecule has 0 aromatic heterocycles. The highest BCUT2D eigenvalue weighted by atomic mass is 35.5. The van der Waals surface area contributed by atoms with Gasteiger partial charge in [0.25, 0.3) is 5.24 Å². The molecule has 108 heavy (non-hydrogen) atoms. The Morgan fingerprint density at radius 2 is 1.08 bits per heavy atom. The molecule has 0 radical (unpaired) electrons. The normalized spacial score (nSPS) is 27.5. The molecule has 16 nitrogen and oxygen atoms in total. The summed E-state index contributed by atoms with van der Waals surface area (Å²) in [5.41, 5.74) is 7.92. The molecule has 0 amide bonds. The van der Waals surface area contributed by atoms with E-state index in [9.17, 15) is 29.4 Å². The predicted molar refractivity (Wildman–Crippen MR) is 423 cm³/mol. The topological polar surface area (TPSA) is 223 Å². The smallest absolute Gasteiger partial charge is 0.344 e. The number of benzene rings is 4. The van der Waals surface area contributed by atoms with Gasteiger partial charge >= 0.3 is 17.9 Å². The molecule has 4 aromatic rings. The molecule has 6 aliphatic carbocycles. The summed E-state index contributed by atoms with van der Waals surface area (Å²) in [7, 11) is 1.00. The van der Waals surface area contributed by atoms with E-state index in [-0.39, 0.29) is 84.2 Å². The molecule has 2 saturated heterocycles. The van der Waals surface area contributed by atoms with Crippen LogP contribution in [0, 0.1) is 59.2 Å². The number of ether oxygens (including phenoxy) is 8. The Morgan fingerprint density at radius 3 is 1.63 bits per heavy atom. The van der Waals surface area contributed by atoms with Gasteiger partial charge in [-0.25, -0.2) is 14.4 Å². The summed E-state index contributed by atoms with van der Waals surface area (Å²) in [5.74, 6) is 6.06. The van der Waals surface area contributed by atoms with Gasteiger partial charge in [-0.15, -0.1) is 0 Å². The van der Waals surface area contributed by atoms with Crippen molar-refractivity contribution in [1.82, 2.24) is 0 Å². The summed E-state index contributed by atoms with van der Waals surface area (Å²) in [4.78, 5) is 46.6. The maximum absolute atomic E-state index is 12.6. The number of carbonyl (C=O) groups is 4. The van der Waals surface area contributed by atoms with Crippen molar-refractivity contribution in [3.8, 4) is 17.2 Å². The third-order valence-electron chi connectivity index (χ3n) is 25.2. The first-order valence-corrected chi connectivity index (χ1v) is 42.8. The van der Waals surface area contributed by atoms with Gasteiger partial charge in [0.15, 0.2) is 26.1 Å². The zero-order valence-electron chi connectivity index (χ0n) is 64.4. The molecule has 20 heteroatoms. The number of hydrogen-bond donors (Lipinski definition) is 4. The van der Waals surface area contributed by atoms with Gasteiger partial charge in [0.1, 0.15) is 29.5 Å². The van der Waals surface area contributed by atoms with Crippen LogP contribution < -0.4 is 14.2 Å². The summed E-state index contributed by atoms with van der Waals surface area (Å²) in [5, 5.41) is 37.4. The number of halogens is 4. The minimum atomic E-state index is -0.949. The van der Waals surface area contributed by atoms with Crippen molar-refractivity contribution in [3.63, 3.8) is 0 Å². The number of unbranched alkanes of at least 4 members (excludes halogenated alkanes) is 6. The highest BCUT2D eigenvalue weighted by Crippen LogP contribution is 2.53. The second kappa shape index (κ2) is 43.5. The number of aliphatic hydroxyl groups is 3. The van der Waals surface area contributed by atoms with E-state index in [4.69, 9.17) is 94.5 Å². The Balaban J connectivity index is 0.000000159. The lowest BCUT2D eigenvalue weighted by Crippen LogP contribution is -2.31. The van der Waals surface area contributed by atoms with Gasteiger partial charge < -0.3 is 58.3 Å². The molecule has 3 saturated carbocycles. The van der Waals surface area contributed by atoms with Crippen molar-refractivity contribution < 1.29 is 77.5 Å². The first-order chi connectivity index (χ1) is 52.4. The number of carbonyl (C=O) groups excluding carboxylic acids is 3. The molecule has 14 rings (SSSR count). The molecular formula is C88H122Cl4O16. The van der Waals surface area contributed by atoms with Crippen LogP contribution >= 0.6 is 46.4 Å². The van der Waals surface area contributed by atoms with Gasteiger partial charge in [-0.2, -0.15) is 0 Å². The molecule has 4 aromatic carbocycles. The minimum Gasteiger partial charge on any atom is -0.482 e. The number of hydrogen-bond acceptors (Lipinski definition) is 15. The molecule has 598 valence electrons. The van der Waals surface area contributed by atoms with Crippen molar-refractivity contribution >= 4 is 69.6 Å². The van der Waals surface area contributed by atoms with E-state index in [1.165, 1.54) is 136 Å². The van der Waals surface area contributed by atoms with Gasteiger partial charge in [-0.05, 0) is 289 Å². The van der Waals surface area contributed by atoms with E-state index >= 15 is 0 Å². The van der Waals surface area contributed by atoms with E-state index in [0.29, 0.717) is 76.1 Å². The lowest BCUT2D eigenvalue weighted by Gasteiger charge is -2.33. The number of aliphatic hydroxyl groups excluding tert-OH is 3. The molecule has 17 atom stereocenters. The molecule has 4 N–H and O–H groups in total. The van der Waals surface area contributed by atoms with Crippen LogP contribution in [-0.4, -0.2) is 127 Å². The monoisotopic (exact) mass is 1570 g/mol. The summed E-state index contributed by atoms with van der Waals surface area (Å²) in [6, 6.07) is 21.4. The van der Waals surface area contributed by atoms with E-state index in [0.717, 1.165) is 159 Å². The molecule has 10 aliphatic rings. The highest BCUT2D eigenvalue weighted by Gasteiger charge is 2.50. The first kappa shape index (κ1) is 85.7. The van der Waals surface area contributed by atoms with Crippen molar-refractivity contribution in [2.75, 3.05) is 40.1 Å². The Hall–Kier alpha value is -4.72. The number of fused-ring (bicyclic) bond motifs is 4. The zero-order valence-corrected chi connectivity index (χ0v) is 67.5. The molecular weight excluding hydrogens is 1450 g/mol. The Kier molecular flexibility index (Phi) is 34.5. The van der Waals surface area contributed by atoms with Crippen molar-refractivity contribution in [2.45, 2.75) is 282 Å². The maximum Gasteiger partial charge on any atom is 0.344 e. The van der Waals surface area contributed by atoms with Gasteiger partial charge in [0, 0.05) is 25.3 Å². The fourth-order valence-electron chi connectivity index (χ4n) is 19.9. The quantitative estimate of drug-likeness (QED) is 0.0225. The second-order valence-electron chi connectivity index (χ2n) is 32.3. The molecule has 2 unspecified atom stereocenters. The van der Waals surface area contributed by atoms with Gasteiger partial charge in [-0.1, -0.05) is 156 Å². The summed E-state index contributed by atoms with van der Waals surface area (Å²) >= 11 is 22.1. The SMILES string of the molecule is CCCCC[C@@H](CC[C@@H]1[C@H]2Cc3cccc(OCC(=O)O)c3C[C@H]2C[C@H]1O)CC1CCCCO1.CCCCC[C@@H](CC[C@@H]1[C@H]2Cc3cccc4c3C[C@H]2C[C@H]1OC(=O)CO4)OC1CCCCO1.CCCCC[C@H](O)CC[C@@H]1[C@H]2Cc3cccc4c3C[C@H]2C[C@H]1OC(=O)CO4.CO.O=C(Cl)c1c(Cl)cc(Cl)cc1Cl. The lowest BCUT2D eigenvalue weighted by atomic mass is 9.73. The number of aliphatic carboxylic acids is 1. The molecule has 0 spiro atoms. The number of carboxylic acid groups (broad SMARTS) is 1. The maximum atomic E-state index is 12.6. The van der Waals surface area contributed by atoms with Crippen molar-refractivity contribution in [2.24, 2.45) is 59.2 Å². The molecule has 4 aliphatic heterocycles. The second-order valence-corrected chi connectivity index (χ2v) is 33.9. The molecule has 6 bridgehead atoms. The highest BCUT2D eigenvalue weighted by molar-refractivity contribution is 6.70. The largest absolute Gasteiger partial charge is 0.482 e. The third kappa shape index (κ3) is 23.9. The summed E-state index contributed by atoms with van der Waals surface area (Å²) in [6.45, 7) is 8.15. The summed E-state index contributed by atoms with van der Waals surface area (Å²) in [6.07, 6.45) is 37.7. The third-order valence-corrected chi connectivity index (χ3v) is 26.2. The van der Waals surface area contributed by atoms with Crippen LogP contribution in [0.4, 0.5) is 0 Å². The molecule has 4 heterocycles. The van der Waals surface area contributed by atoms with Gasteiger partial charge in [0.2, 0.25) is 0 Å². The van der Waals surface area contributed by atoms with Crippen LogP contribution in [0.25, 0.3) is 0 Å². The van der Waals surface area contributed by atoms with E-state index in [1.807, 2.05) is 30.3 Å². The number of esters is 2. The van der Waals surface area contributed by atoms with Crippen molar-refractivity contribution in [3.05, 3.63) is 121 Å². The minimum absolute atomic E-state index is 0.00531. The van der Waals surface area contributed by atoms with Crippen molar-refractivity contribution in [1.29, 1.82) is 0 Å². The van der Waals surface area contributed by atoms with Crippen LogP contribution in [0.2, 0.25) is 15.1 Å². The zero-order chi connectivity index (χ0) is 76.6. The van der Waals surface area contributed by atoms with Crippen LogP contribution in [-0.2, 0) is 76.6 Å². The average Bonchev–Trinajstić information content (AvgIpc) is 1.61. The van der Waals surface area contributed by atoms with Crippen LogP contribution in [0.1, 0.15) is 244 Å². The lowest BCUT2D eigenvalue weighted by molar-refractivity contribution is -0.191. The Labute approximate surface area is 662 Å². The Morgan fingerprint density at radius 1 is 0.574 bits per heavy atom. The van der Waals surface area contributed by atoms with E-state index in [1.54, 1.807) is 0 Å². The van der Waals surface area contributed by atoms with Crippen LogP contribution in [0.15, 0.2) is 66.7 Å². The fourth-order valence-corrected chi connectivity index (χ4v) is 21.2. The standard InChI is InChI=1S/C29H44O5.C28H40O5.C23H32O4.C7H2Cl4O.CH4O/c1-2-3-4-8-20(15-23-10-5-6-14-33-23)12-13-24-25-16-21-9-7-11-28(34-19-29(31)32)26(21)17-22(25)18-27(24)30;1-2-3-4-9-21(32-28-11-5-6-14-30-28)12-13-22-23-15-19-8-7-10-25-24(19)16-20(23)17-26(22)33-27(29)18-31-25;1-2-3-4-7-17(24)9-10-18-19-11-15-6-5-8-21-20(15)12-16(19)13-22(18)27-23(25)14-26-21;8-3-1-4(9)6(7(11)12)5(10)2-3;1-2/h7,9,11,20,22-25,27,30H,2-6,8,10,12-19H2,1H3,(H,31,32);7-8,10,20-23,26,28H,2-6,9,11-18H2,1H3;5-6,8,16-19,22,24H,2-4,7,9-14H2,1H3;1-2H;2H,1H3/t20-,22-,23?,24+,25-,27+;20-,21-,22+,23-,26+,28?;16-,17-,18+,19-,22+;;/m000../s1. The van der Waals surface area contributed by atoms with Gasteiger partial charge in [-0.3, -0.25) is 4.79 Å². The average molecular weight is 1580 g/mol. The van der Waals surface area contributed by atoms with Crippen LogP contribution in [0.3, 0.4) is 0 Å². The molecule has 5 fully saturated rings. The Bertz CT molecular complexity index is 3460. The first-order valence-electron chi connectivity index (χ1n) is 41.3. The van der Waals surface area contributed by atoms with Crippen LogP contribution in [0.5, 0.6) is 17.2 Å².